The van der Waals surface area contributed by atoms with E-state index in [2.05, 4.69) is 34.4 Å². The van der Waals surface area contributed by atoms with Gasteiger partial charge in [-0.15, -0.1) is 0 Å². The van der Waals surface area contributed by atoms with Crippen molar-refractivity contribution in [1.29, 1.82) is 0 Å². The molecule has 1 N–H and O–H groups in total. The molecule has 1 fully saturated rings. The number of nitrogens with zero attached hydrogens (tertiary/aromatic N) is 2. The average Bonchev–Trinajstić information content (AvgIpc) is 2.39. The molecular formula is C12H19N3O. The van der Waals surface area contributed by atoms with Crippen molar-refractivity contribution in [3.8, 4) is 0 Å². The zero-order chi connectivity index (χ0) is 11.4. The lowest BCUT2D eigenvalue weighted by molar-refractivity contribution is 0.0855. The van der Waals surface area contributed by atoms with Gasteiger partial charge in [-0.1, -0.05) is 0 Å². The van der Waals surface area contributed by atoms with Crippen LogP contribution in [0.5, 0.6) is 0 Å². The first-order chi connectivity index (χ1) is 7.81. The maximum atomic E-state index is 5.38. The highest BCUT2D eigenvalue weighted by atomic mass is 16.5. The van der Waals surface area contributed by atoms with Crippen LogP contribution in [0.25, 0.3) is 0 Å². The molecule has 4 nitrogen and oxygen atoms in total. The number of ether oxygens (including phenoxy) is 1. The molecule has 0 amide bonds. The molecule has 1 aliphatic heterocycles. The minimum Gasteiger partial charge on any atom is -0.381 e. The van der Waals surface area contributed by atoms with Crippen LogP contribution in [-0.4, -0.2) is 38.3 Å². The minimum absolute atomic E-state index is 0.584. The fraction of sp³-hybridized carbons (Fsp3) is 0.583. The summed E-state index contributed by atoms with van der Waals surface area (Å²) in [6.45, 7) is 1.75. The standard InChI is InChI=1S/C12H19N3O/c1-13-12-9-11(3-6-14-12)15(2)10-4-7-16-8-5-10/h3,6,9-10H,4-5,7-8H2,1-2H3,(H,13,14). The third kappa shape index (κ3) is 2.44. The van der Waals surface area contributed by atoms with E-state index in [0.29, 0.717) is 6.04 Å². The van der Waals surface area contributed by atoms with Gasteiger partial charge >= 0.3 is 0 Å². The number of aromatic nitrogens is 1. The van der Waals surface area contributed by atoms with Crippen molar-refractivity contribution >= 4 is 11.5 Å². The van der Waals surface area contributed by atoms with Crippen LogP contribution in [0.4, 0.5) is 11.5 Å². The number of hydrogen-bond donors (Lipinski definition) is 1. The maximum absolute atomic E-state index is 5.38. The lowest BCUT2D eigenvalue weighted by Crippen LogP contribution is -2.36. The van der Waals surface area contributed by atoms with Crippen LogP contribution in [0.1, 0.15) is 12.8 Å². The Bertz CT molecular complexity index is 337. The van der Waals surface area contributed by atoms with Crippen LogP contribution in [0.3, 0.4) is 0 Å². The van der Waals surface area contributed by atoms with Crippen LogP contribution in [0.15, 0.2) is 18.3 Å². The van der Waals surface area contributed by atoms with Crippen LogP contribution < -0.4 is 10.2 Å². The van der Waals surface area contributed by atoms with Gasteiger partial charge in [-0.2, -0.15) is 0 Å². The molecule has 2 rings (SSSR count). The third-order valence-corrected chi connectivity index (χ3v) is 3.15. The number of rotatable bonds is 3. The van der Waals surface area contributed by atoms with E-state index in [1.807, 2.05) is 13.2 Å². The highest BCUT2D eigenvalue weighted by molar-refractivity contribution is 5.53. The van der Waals surface area contributed by atoms with E-state index in [1.54, 1.807) is 0 Å². The van der Waals surface area contributed by atoms with Crippen molar-refractivity contribution in [2.75, 3.05) is 37.5 Å². The number of anilines is 2. The summed E-state index contributed by atoms with van der Waals surface area (Å²) in [5.74, 6) is 0.913. The highest BCUT2D eigenvalue weighted by Gasteiger charge is 2.18. The Hall–Kier alpha value is -1.29. The summed E-state index contributed by atoms with van der Waals surface area (Å²) < 4.78 is 5.38. The van der Waals surface area contributed by atoms with Gasteiger partial charge in [0.1, 0.15) is 5.82 Å². The molecule has 0 radical (unpaired) electrons. The van der Waals surface area contributed by atoms with Crippen LogP contribution >= 0.6 is 0 Å². The molecule has 88 valence electrons. The van der Waals surface area contributed by atoms with E-state index in [9.17, 15) is 0 Å². The summed E-state index contributed by atoms with van der Waals surface area (Å²) in [4.78, 5) is 6.55. The number of hydrogen-bond acceptors (Lipinski definition) is 4. The first kappa shape index (κ1) is 11.2. The van der Waals surface area contributed by atoms with Gasteiger partial charge in [-0.05, 0) is 18.9 Å². The molecular weight excluding hydrogens is 202 g/mol. The van der Waals surface area contributed by atoms with Gasteiger partial charge in [-0.25, -0.2) is 4.98 Å². The summed E-state index contributed by atoms with van der Waals surface area (Å²) >= 11 is 0. The van der Waals surface area contributed by atoms with Gasteiger partial charge < -0.3 is 15.0 Å². The fourth-order valence-corrected chi connectivity index (χ4v) is 2.06. The van der Waals surface area contributed by atoms with Crippen molar-refractivity contribution in [2.45, 2.75) is 18.9 Å². The molecule has 0 atom stereocenters. The van der Waals surface area contributed by atoms with E-state index >= 15 is 0 Å². The molecule has 1 saturated heterocycles. The average molecular weight is 221 g/mol. The summed E-state index contributed by atoms with van der Waals surface area (Å²) in [5, 5.41) is 3.06. The molecule has 0 aliphatic carbocycles. The largest absolute Gasteiger partial charge is 0.381 e. The smallest absolute Gasteiger partial charge is 0.127 e. The van der Waals surface area contributed by atoms with E-state index in [-0.39, 0.29) is 0 Å². The van der Waals surface area contributed by atoms with Crippen LogP contribution in [-0.2, 0) is 4.74 Å². The first-order valence-corrected chi connectivity index (χ1v) is 5.75. The highest BCUT2D eigenvalue weighted by Crippen LogP contribution is 2.22. The van der Waals surface area contributed by atoms with Gasteiger partial charge in [-0.3, -0.25) is 0 Å². The van der Waals surface area contributed by atoms with Crippen LogP contribution in [0, 0.1) is 0 Å². The second-order valence-electron chi connectivity index (χ2n) is 4.10. The monoisotopic (exact) mass is 221 g/mol. The molecule has 0 bridgehead atoms. The predicted molar refractivity (Wildman–Crippen MR) is 66.0 cm³/mol. The molecule has 0 unspecified atom stereocenters. The first-order valence-electron chi connectivity index (χ1n) is 5.75. The van der Waals surface area contributed by atoms with Crippen molar-refractivity contribution in [3.63, 3.8) is 0 Å². The third-order valence-electron chi connectivity index (χ3n) is 3.15. The fourth-order valence-electron chi connectivity index (χ4n) is 2.06. The summed E-state index contributed by atoms with van der Waals surface area (Å²) in [5.41, 5.74) is 1.21. The van der Waals surface area contributed by atoms with Gasteiger partial charge in [0.15, 0.2) is 0 Å². The second-order valence-corrected chi connectivity index (χ2v) is 4.10. The Labute approximate surface area is 96.6 Å². The Balaban J connectivity index is 2.09. The van der Waals surface area contributed by atoms with Crippen molar-refractivity contribution in [2.24, 2.45) is 0 Å². The Kier molecular flexibility index (Phi) is 3.62. The summed E-state index contributed by atoms with van der Waals surface area (Å²) in [6, 6.07) is 4.71. The number of nitrogens with one attached hydrogen (secondary N) is 1. The zero-order valence-electron chi connectivity index (χ0n) is 9.94. The Morgan fingerprint density at radius 3 is 2.88 bits per heavy atom. The van der Waals surface area contributed by atoms with Gasteiger partial charge in [0.25, 0.3) is 0 Å². The predicted octanol–water partition coefficient (Wildman–Crippen LogP) is 1.74. The van der Waals surface area contributed by atoms with Gasteiger partial charge in [0.05, 0.1) is 0 Å². The molecule has 4 heteroatoms. The van der Waals surface area contributed by atoms with E-state index in [4.69, 9.17) is 4.74 Å². The minimum atomic E-state index is 0.584. The Morgan fingerprint density at radius 1 is 1.44 bits per heavy atom. The van der Waals surface area contributed by atoms with E-state index in [1.165, 1.54) is 5.69 Å². The molecule has 2 heterocycles. The van der Waals surface area contributed by atoms with E-state index < -0.39 is 0 Å². The lowest BCUT2D eigenvalue weighted by atomic mass is 10.1. The molecule has 1 aliphatic rings. The molecule has 1 aromatic heterocycles. The van der Waals surface area contributed by atoms with E-state index in [0.717, 1.165) is 31.9 Å². The molecule has 0 saturated carbocycles. The molecule has 0 aromatic carbocycles. The topological polar surface area (TPSA) is 37.4 Å². The zero-order valence-corrected chi connectivity index (χ0v) is 9.94. The van der Waals surface area contributed by atoms with Gasteiger partial charge in [0, 0.05) is 51.3 Å². The molecule has 1 aromatic rings. The normalized spacial score (nSPS) is 17.1. The molecule has 16 heavy (non-hydrogen) atoms. The lowest BCUT2D eigenvalue weighted by Gasteiger charge is -2.33. The maximum Gasteiger partial charge on any atom is 0.127 e. The van der Waals surface area contributed by atoms with Crippen LogP contribution in [0.2, 0.25) is 0 Å². The molecule has 0 spiro atoms. The SMILES string of the molecule is CNc1cc(N(C)C2CCOCC2)ccn1. The summed E-state index contributed by atoms with van der Waals surface area (Å²) in [6.07, 6.45) is 4.05. The van der Waals surface area contributed by atoms with Gasteiger partial charge in [0.2, 0.25) is 0 Å². The second kappa shape index (κ2) is 5.16. The van der Waals surface area contributed by atoms with Crippen molar-refractivity contribution in [3.05, 3.63) is 18.3 Å². The Morgan fingerprint density at radius 2 is 2.19 bits per heavy atom. The van der Waals surface area contributed by atoms with Crippen molar-refractivity contribution in [1.82, 2.24) is 4.98 Å². The van der Waals surface area contributed by atoms with Crippen molar-refractivity contribution < 1.29 is 4.74 Å². The summed E-state index contributed by atoms with van der Waals surface area (Å²) in [7, 11) is 4.03. The quantitative estimate of drug-likeness (QED) is 0.843. The number of pyridine rings is 1.